The molecule has 1 amide bonds. The molecule has 2 aromatic carbocycles. The molecule has 0 radical (unpaired) electrons. The molecule has 0 aliphatic carbocycles. The van der Waals surface area contributed by atoms with Gasteiger partial charge in [0.2, 0.25) is 5.91 Å². The Morgan fingerprint density at radius 1 is 1.23 bits per heavy atom. The topological polar surface area (TPSA) is 69.0 Å². The van der Waals surface area contributed by atoms with Gasteiger partial charge in [-0.1, -0.05) is 59.2 Å². The number of aromatic nitrogens is 3. The lowest BCUT2D eigenvalue weighted by Crippen LogP contribution is -2.15. The van der Waals surface area contributed by atoms with Gasteiger partial charge in [0.1, 0.15) is 12.4 Å². The van der Waals surface area contributed by atoms with E-state index in [4.69, 9.17) is 27.9 Å². The fourth-order valence-corrected chi connectivity index (χ4v) is 3.71. The number of para-hydroxylation sites is 1. The van der Waals surface area contributed by atoms with Crippen molar-refractivity contribution >= 4 is 46.6 Å². The van der Waals surface area contributed by atoms with Crippen molar-refractivity contribution in [1.29, 1.82) is 0 Å². The Kier molecular flexibility index (Phi) is 7.79. The molecule has 1 heterocycles. The largest absolute Gasteiger partial charge is 0.484 e. The first-order valence-corrected chi connectivity index (χ1v) is 10.8. The lowest BCUT2D eigenvalue weighted by molar-refractivity contribution is -0.113. The lowest BCUT2D eigenvalue weighted by Gasteiger charge is -2.11. The minimum atomic E-state index is -0.189. The highest BCUT2D eigenvalue weighted by Gasteiger charge is 2.15. The van der Waals surface area contributed by atoms with Gasteiger partial charge in [-0.25, -0.2) is 0 Å². The molecule has 0 unspecified atom stereocenters. The monoisotopic (exact) mass is 462 g/mol. The van der Waals surface area contributed by atoms with Crippen LogP contribution < -0.4 is 10.1 Å². The van der Waals surface area contributed by atoms with Gasteiger partial charge in [-0.3, -0.25) is 9.36 Å². The fraction of sp³-hybridized carbons (Fsp3) is 0.190. The van der Waals surface area contributed by atoms with Crippen LogP contribution in [0.1, 0.15) is 11.4 Å². The van der Waals surface area contributed by atoms with Crippen molar-refractivity contribution in [2.24, 2.45) is 0 Å². The summed E-state index contributed by atoms with van der Waals surface area (Å²) in [4.78, 5) is 12.3. The molecule has 0 spiro atoms. The van der Waals surface area contributed by atoms with Crippen molar-refractivity contribution in [1.82, 2.24) is 14.8 Å². The number of allylic oxidation sites excluding steroid dienone is 1. The smallest absolute Gasteiger partial charge is 0.234 e. The summed E-state index contributed by atoms with van der Waals surface area (Å²) in [7, 11) is 0. The predicted molar refractivity (Wildman–Crippen MR) is 122 cm³/mol. The van der Waals surface area contributed by atoms with Gasteiger partial charge in [0, 0.05) is 6.54 Å². The number of benzene rings is 2. The van der Waals surface area contributed by atoms with Crippen LogP contribution in [0.5, 0.6) is 5.75 Å². The zero-order valence-electron chi connectivity index (χ0n) is 16.3. The van der Waals surface area contributed by atoms with Crippen molar-refractivity contribution in [3.63, 3.8) is 0 Å². The number of amides is 1. The molecule has 0 saturated heterocycles. The molecular formula is C21H20Cl2N4O2S. The van der Waals surface area contributed by atoms with Crippen LogP contribution in [0.4, 0.5) is 5.69 Å². The summed E-state index contributed by atoms with van der Waals surface area (Å²) in [5.41, 5.74) is 1.61. The van der Waals surface area contributed by atoms with Gasteiger partial charge in [-0.2, -0.15) is 0 Å². The second kappa shape index (κ2) is 10.5. The molecule has 0 saturated carbocycles. The standard InChI is InChI=1S/C21H20Cl2N4O2S/c1-3-10-27-19(12-29-18-11-14(2)8-9-16(18)23)25-26-21(27)30-13-20(28)24-17-7-5-4-6-15(17)22/h3-9,11H,1,10,12-13H2,2H3,(H,24,28). The van der Waals surface area contributed by atoms with Crippen LogP contribution in [0.3, 0.4) is 0 Å². The minimum absolute atomic E-state index is 0.158. The van der Waals surface area contributed by atoms with Crippen molar-refractivity contribution in [3.8, 4) is 5.75 Å². The first kappa shape index (κ1) is 22.2. The minimum Gasteiger partial charge on any atom is -0.484 e. The highest BCUT2D eigenvalue weighted by Crippen LogP contribution is 2.27. The van der Waals surface area contributed by atoms with E-state index in [9.17, 15) is 4.79 Å². The summed E-state index contributed by atoms with van der Waals surface area (Å²) in [6.07, 6.45) is 1.74. The molecular weight excluding hydrogens is 443 g/mol. The Hall–Kier alpha value is -2.48. The summed E-state index contributed by atoms with van der Waals surface area (Å²) in [6.45, 7) is 6.42. The highest BCUT2D eigenvalue weighted by atomic mass is 35.5. The van der Waals surface area contributed by atoms with Crippen LogP contribution in [-0.2, 0) is 17.9 Å². The second-order valence-corrected chi connectivity index (χ2v) is 8.09. The van der Waals surface area contributed by atoms with E-state index in [2.05, 4.69) is 22.1 Å². The number of hydrogen-bond donors (Lipinski definition) is 1. The Balaban J connectivity index is 1.65. The molecule has 3 aromatic rings. The SMILES string of the molecule is C=CCn1c(COc2cc(C)ccc2Cl)nnc1SCC(=O)Nc1ccccc1Cl. The lowest BCUT2D eigenvalue weighted by atomic mass is 10.2. The first-order chi connectivity index (χ1) is 14.5. The Morgan fingerprint density at radius 3 is 2.80 bits per heavy atom. The fourth-order valence-electron chi connectivity index (χ4n) is 2.59. The average Bonchev–Trinajstić information content (AvgIpc) is 3.11. The molecule has 0 fully saturated rings. The maximum atomic E-state index is 12.3. The molecule has 30 heavy (non-hydrogen) atoms. The quantitative estimate of drug-likeness (QED) is 0.341. The third-order valence-electron chi connectivity index (χ3n) is 4.03. The van der Waals surface area contributed by atoms with Crippen molar-refractivity contribution in [3.05, 3.63) is 76.6 Å². The van der Waals surface area contributed by atoms with Gasteiger partial charge >= 0.3 is 0 Å². The predicted octanol–water partition coefficient (Wildman–Crippen LogP) is 5.39. The maximum absolute atomic E-state index is 12.3. The summed E-state index contributed by atoms with van der Waals surface area (Å²) in [6, 6.07) is 12.7. The third kappa shape index (κ3) is 5.78. The van der Waals surface area contributed by atoms with E-state index in [0.717, 1.165) is 5.56 Å². The van der Waals surface area contributed by atoms with Crippen LogP contribution in [-0.4, -0.2) is 26.4 Å². The average molecular weight is 463 g/mol. The number of thioether (sulfide) groups is 1. The number of ether oxygens (including phenoxy) is 1. The summed E-state index contributed by atoms with van der Waals surface area (Å²) in [5.74, 6) is 1.16. The number of halogens is 2. The number of aryl methyl sites for hydroxylation is 1. The zero-order valence-corrected chi connectivity index (χ0v) is 18.6. The normalized spacial score (nSPS) is 10.6. The van der Waals surface area contributed by atoms with Crippen LogP contribution in [0.15, 0.2) is 60.3 Å². The molecule has 0 bridgehead atoms. The van der Waals surface area contributed by atoms with Crippen LogP contribution in [0.25, 0.3) is 0 Å². The van der Waals surface area contributed by atoms with E-state index in [1.165, 1.54) is 11.8 Å². The number of nitrogens with zero attached hydrogens (tertiary/aromatic N) is 3. The van der Waals surface area contributed by atoms with Gasteiger partial charge in [0.05, 0.1) is 21.5 Å². The van der Waals surface area contributed by atoms with Gasteiger partial charge in [-0.05, 0) is 36.8 Å². The number of carbonyl (C=O) groups excluding carboxylic acids is 1. The van der Waals surface area contributed by atoms with E-state index in [1.807, 2.05) is 29.7 Å². The summed E-state index contributed by atoms with van der Waals surface area (Å²) >= 11 is 13.5. The number of nitrogens with one attached hydrogen (secondary N) is 1. The first-order valence-electron chi connectivity index (χ1n) is 9.07. The number of anilines is 1. The van der Waals surface area contributed by atoms with Crippen LogP contribution in [0, 0.1) is 6.92 Å². The van der Waals surface area contributed by atoms with Crippen molar-refractivity contribution in [2.75, 3.05) is 11.1 Å². The van der Waals surface area contributed by atoms with Gasteiger partial charge in [-0.15, -0.1) is 16.8 Å². The Bertz CT molecular complexity index is 1060. The van der Waals surface area contributed by atoms with E-state index in [1.54, 1.807) is 30.3 Å². The molecule has 1 aromatic heterocycles. The molecule has 0 atom stereocenters. The van der Waals surface area contributed by atoms with E-state index in [0.29, 0.717) is 39.0 Å². The van der Waals surface area contributed by atoms with Gasteiger partial charge in [0.25, 0.3) is 0 Å². The van der Waals surface area contributed by atoms with Gasteiger partial charge < -0.3 is 10.1 Å². The highest BCUT2D eigenvalue weighted by molar-refractivity contribution is 7.99. The van der Waals surface area contributed by atoms with E-state index in [-0.39, 0.29) is 18.3 Å². The Morgan fingerprint density at radius 2 is 2.03 bits per heavy atom. The molecule has 0 aliphatic rings. The molecule has 1 N–H and O–H groups in total. The Labute approximate surface area is 189 Å². The van der Waals surface area contributed by atoms with Crippen molar-refractivity contribution in [2.45, 2.75) is 25.2 Å². The molecule has 3 rings (SSSR count). The molecule has 156 valence electrons. The van der Waals surface area contributed by atoms with E-state index < -0.39 is 0 Å². The molecule has 0 aliphatic heterocycles. The van der Waals surface area contributed by atoms with Crippen LogP contribution >= 0.6 is 35.0 Å². The third-order valence-corrected chi connectivity index (χ3v) is 5.64. The number of carbonyl (C=O) groups is 1. The number of hydrogen-bond acceptors (Lipinski definition) is 5. The summed E-state index contributed by atoms with van der Waals surface area (Å²) < 4.78 is 7.68. The molecule has 6 nitrogen and oxygen atoms in total. The zero-order chi connectivity index (χ0) is 21.5. The van der Waals surface area contributed by atoms with Gasteiger partial charge in [0.15, 0.2) is 11.0 Å². The summed E-state index contributed by atoms with van der Waals surface area (Å²) in [5, 5.41) is 12.8. The van der Waals surface area contributed by atoms with Crippen LogP contribution in [0.2, 0.25) is 10.0 Å². The maximum Gasteiger partial charge on any atom is 0.234 e. The van der Waals surface area contributed by atoms with E-state index >= 15 is 0 Å². The number of rotatable bonds is 9. The molecule has 9 heteroatoms. The second-order valence-electron chi connectivity index (χ2n) is 6.34. The van der Waals surface area contributed by atoms with Crippen molar-refractivity contribution < 1.29 is 9.53 Å².